The summed E-state index contributed by atoms with van der Waals surface area (Å²) in [6.45, 7) is 4.86. The number of para-hydroxylation sites is 1. The molecule has 1 N–H and O–H groups in total. The van der Waals surface area contributed by atoms with Gasteiger partial charge < -0.3 is 9.80 Å². The van der Waals surface area contributed by atoms with Crippen molar-refractivity contribution in [3.63, 3.8) is 0 Å². The van der Waals surface area contributed by atoms with E-state index in [1.807, 2.05) is 23.1 Å². The van der Waals surface area contributed by atoms with Crippen molar-refractivity contribution in [3.8, 4) is 0 Å². The number of amidine groups is 1. The zero-order chi connectivity index (χ0) is 21.8. The van der Waals surface area contributed by atoms with E-state index in [1.54, 1.807) is 24.3 Å². The molecule has 164 valence electrons. The minimum absolute atomic E-state index is 0.0303. The predicted molar refractivity (Wildman–Crippen MR) is 122 cm³/mol. The van der Waals surface area contributed by atoms with Gasteiger partial charge in [-0.25, -0.2) is 8.42 Å². The summed E-state index contributed by atoms with van der Waals surface area (Å²) in [5, 5.41) is 0. The summed E-state index contributed by atoms with van der Waals surface area (Å²) in [5.74, 6) is 0.241. The number of benzene rings is 2. The van der Waals surface area contributed by atoms with Crippen LogP contribution in [0.25, 0.3) is 0 Å². The lowest BCUT2D eigenvalue weighted by molar-refractivity contribution is -0.133. The van der Waals surface area contributed by atoms with E-state index in [4.69, 9.17) is 0 Å². The molecule has 1 amide bonds. The lowest BCUT2D eigenvalue weighted by atomic mass is 10.1. The normalized spacial score (nSPS) is 19.7. The van der Waals surface area contributed by atoms with Gasteiger partial charge in [0.2, 0.25) is 5.91 Å². The number of carbonyl (C=O) groups is 1. The molecule has 7 nitrogen and oxygen atoms in total. The van der Waals surface area contributed by atoms with Crippen LogP contribution < -0.4 is 9.62 Å². The molecule has 2 aromatic carbocycles. The molecule has 1 fully saturated rings. The Morgan fingerprint density at radius 2 is 1.71 bits per heavy atom. The number of nitrogens with zero attached hydrogens (tertiary/aromatic N) is 3. The summed E-state index contributed by atoms with van der Waals surface area (Å²) in [7, 11) is -3.62. The van der Waals surface area contributed by atoms with Crippen LogP contribution in [0.2, 0.25) is 0 Å². The van der Waals surface area contributed by atoms with Gasteiger partial charge in [-0.3, -0.25) is 14.5 Å². The molecule has 0 aliphatic carbocycles. The lowest BCUT2D eigenvalue weighted by Crippen LogP contribution is -2.51. The van der Waals surface area contributed by atoms with Gasteiger partial charge in [0.05, 0.1) is 4.90 Å². The Kier molecular flexibility index (Phi) is 6.27. The highest BCUT2D eigenvalue weighted by Crippen LogP contribution is 2.24. The summed E-state index contributed by atoms with van der Waals surface area (Å²) in [6.07, 6.45) is 2.39. The number of anilines is 1. The smallest absolute Gasteiger partial charge is 0.263 e. The van der Waals surface area contributed by atoms with Crippen molar-refractivity contribution in [2.45, 2.75) is 37.1 Å². The number of nitrogens with one attached hydrogen (secondary N) is 1. The van der Waals surface area contributed by atoms with Gasteiger partial charge in [0, 0.05) is 37.4 Å². The van der Waals surface area contributed by atoms with E-state index in [0.717, 1.165) is 31.6 Å². The summed E-state index contributed by atoms with van der Waals surface area (Å²) in [5.41, 5.74) is 1.69. The molecule has 2 aliphatic heterocycles. The van der Waals surface area contributed by atoms with E-state index >= 15 is 0 Å². The fraction of sp³-hybridized carbons (Fsp3) is 0.391. The van der Waals surface area contributed by atoms with Crippen molar-refractivity contribution in [1.82, 2.24) is 9.62 Å². The van der Waals surface area contributed by atoms with E-state index in [1.165, 1.54) is 0 Å². The molecule has 0 radical (unpaired) electrons. The first-order valence-electron chi connectivity index (χ1n) is 10.8. The number of unbranched alkanes of at least 4 members (excludes halogenated alkanes) is 1. The Labute approximate surface area is 183 Å². The highest BCUT2D eigenvalue weighted by atomic mass is 32.2. The van der Waals surface area contributed by atoms with E-state index in [0.29, 0.717) is 25.1 Å². The molecule has 31 heavy (non-hydrogen) atoms. The molecule has 1 atom stereocenters. The number of piperazine rings is 1. The first-order valence-corrected chi connectivity index (χ1v) is 12.3. The average molecular weight is 441 g/mol. The second-order valence-electron chi connectivity index (χ2n) is 7.89. The zero-order valence-corrected chi connectivity index (χ0v) is 18.5. The number of sulfonamides is 1. The third-order valence-corrected chi connectivity index (χ3v) is 7.17. The standard InChI is InChI=1S/C23H28N4O3S/c1-2-3-12-20(24-22-19-11-7-8-13-21(19)31(29,30)25-22)23(28)27-16-14-26(15-17-27)18-9-5-4-6-10-18/h4-11,13,20H,2-3,12,14-17H2,1H3,(H,24,25). The van der Waals surface area contributed by atoms with E-state index in [2.05, 4.69) is 33.7 Å². The molecule has 4 rings (SSSR count). The molecule has 8 heteroatoms. The molecule has 2 aromatic rings. The van der Waals surface area contributed by atoms with Gasteiger partial charge in [0.25, 0.3) is 10.0 Å². The SMILES string of the molecule is CCCCC(N=C1NS(=O)(=O)c2ccccc21)C(=O)N1CCN(c2ccccc2)CC1. The summed E-state index contributed by atoms with van der Waals surface area (Å²) < 4.78 is 27.3. The number of hydrogen-bond acceptors (Lipinski definition) is 5. The Hall–Kier alpha value is -2.87. The van der Waals surface area contributed by atoms with Gasteiger partial charge >= 0.3 is 0 Å². The second kappa shape index (κ2) is 9.09. The zero-order valence-electron chi connectivity index (χ0n) is 17.7. The van der Waals surface area contributed by atoms with Crippen molar-refractivity contribution in [3.05, 3.63) is 60.2 Å². The third-order valence-electron chi connectivity index (χ3n) is 5.78. The van der Waals surface area contributed by atoms with Gasteiger partial charge in [-0.2, -0.15) is 0 Å². The molecule has 0 bridgehead atoms. The van der Waals surface area contributed by atoms with Crippen molar-refractivity contribution in [2.75, 3.05) is 31.1 Å². The van der Waals surface area contributed by atoms with Gasteiger partial charge in [-0.15, -0.1) is 0 Å². The molecule has 2 aliphatic rings. The minimum Gasteiger partial charge on any atom is -0.368 e. The maximum absolute atomic E-state index is 13.3. The fourth-order valence-corrected chi connectivity index (χ4v) is 5.30. The quantitative estimate of drug-likeness (QED) is 0.749. The van der Waals surface area contributed by atoms with Gasteiger partial charge in [-0.1, -0.05) is 50.1 Å². The molecule has 2 heterocycles. The van der Waals surface area contributed by atoms with Crippen LogP contribution in [0.1, 0.15) is 31.7 Å². The highest BCUT2D eigenvalue weighted by molar-refractivity contribution is 7.90. The van der Waals surface area contributed by atoms with Gasteiger partial charge in [0.15, 0.2) is 0 Å². The van der Waals surface area contributed by atoms with Crippen LogP contribution in [0.4, 0.5) is 5.69 Å². The summed E-state index contributed by atoms with van der Waals surface area (Å²) in [6, 6.07) is 16.4. The summed E-state index contributed by atoms with van der Waals surface area (Å²) >= 11 is 0. The Bertz CT molecular complexity index is 1060. The number of rotatable bonds is 6. The molecule has 1 saturated heterocycles. The third kappa shape index (κ3) is 4.58. The highest BCUT2D eigenvalue weighted by Gasteiger charge is 2.33. The fourth-order valence-electron chi connectivity index (χ4n) is 4.06. The molecule has 0 aromatic heterocycles. The largest absolute Gasteiger partial charge is 0.368 e. The van der Waals surface area contributed by atoms with Crippen LogP contribution >= 0.6 is 0 Å². The topological polar surface area (TPSA) is 82.1 Å². The van der Waals surface area contributed by atoms with Crippen molar-refractivity contribution < 1.29 is 13.2 Å². The van der Waals surface area contributed by atoms with Crippen LogP contribution in [0.15, 0.2) is 64.5 Å². The molecular formula is C23H28N4O3S. The first-order chi connectivity index (χ1) is 15.0. The number of fused-ring (bicyclic) bond motifs is 1. The summed E-state index contributed by atoms with van der Waals surface area (Å²) in [4.78, 5) is 22.3. The van der Waals surface area contributed by atoms with Crippen molar-refractivity contribution in [1.29, 1.82) is 0 Å². The number of aliphatic imine (C=N–C) groups is 1. The van der Waals surface area contributed by atoms with Crippen molar-refractivity contribution in [2.24, 2.45) is 4.99 Å². The van der Waals surface area contributed by atoms with Crippen LogP contribution in [0.5, 0.6) is 0 Å². The molecule has 1 unspecified atom stereocenters. The van der Waals surface area contributed by atoms with Crippen LogP contribution in [0.3, 0.4) is 0 Å². The van der Waals surface area contributed by atoms with Crippen LogP contribution in [0, 0.1) is 0 Å². The van der Waals surface area contributed by atoms with Gasteiger partial charge in [0.1, 0.15) is 11.9 Å². The molecular weight excluding hydrogens is 412 g/mol. The maximum atomic E-state index is 13.3. The Morgan fingerprint density at radius 1 is 1.03 bits per heavy atom. The van der Waals surface area contributed by atoms with Crippen molar-refractivity contribution >= 4 is 27.5 Å². The van der Waals surface area contributed by atoms with E-state index in [-0.39, 0.29) is 16.6 Å². The predicted octanol–water partition coefficient (Wildman–Crippen LogP) is 2.63. The van der Waals surface area contributed by atoms with Crippen LogP contribution in [-0.4, -0.2) is 57.3 Å². The van der Waals surface area contributed by atoms with Crippen LogP contribution in [-0.2, 0) is 14.8 Å². The average Bonchev–Trinajstić information content (AvgIpc) is 3.07. The number of amides is 1. The molecule has 0 saturated carbocycles. The van der Waals surface area contributed by atoms with E-state index < -0.39 is 16.1 Å². The monoisotopic (exact) mass is 440 g/mol. The lowest BCUT2D eigenvalue weighted by Gasteiger charge is -2.37. The van der Waals surface area contributed by atoms with Gasteiger partial charge in [-0.05, 0) is 30.7 Å². The Balaban J connectivity index is 1.51. The minimum atomic E-state index is -3.62. The first kappa shape index (κ1) is 21.4. The number of carbonyl (C=O) groups excluding carboxylic acids is 1. The Morgan fingerprint density at radius 3 is 2.42 bits per heavy atom. The number of hydrogen-bond donors (Lipinski definition) is 1. The van der Waals surface area contributed by atoms with E-state index in [9.17, 15) is 13.2 Å². The molecule has 0 spiro atoms. The maximum Gasteiger partial charge on any atom is 0.263 e. The second-order valence-corrected chi connectivity index (χ2v) is 9.54.